The molecule has 0 bridgehead atoms. The lowest BCUT2D eigenvalue weighted by Crippen LogP contribution is -2.48. The number of amides is 1. The number of carboxylic acids is 1. The van der Waals surface area contributed by atoms with Crippen LogP contribution in [0.3, 0.4) is 0 Å². The van der Waals surface area contributed by atoms with Crippen molar-refractivity contribution in [3.63, 3.8) is 0 Å². The van der Waals surface area contributed by atoms with E-state index >= 15 is 0 Å². The Morgan fingerprint density at radius 3 is 2.90 bits per heavy atom. The molecular formula is C16H20N2O3. The van der Waals surface area contributed by atoms with Gasteiger partial charge in [0.2, 0.25) is 5.91 Å². The van der Waals surface area contributed by atoms with Crippen LogP contribution in [0.2, 0.25) is 0 Å². The number of piperidine rings is 1. The predicted molar refractivity (Wildman–Crippen MR) is 77.8 cm³/mol. The standard InChI is InChI=1S/C16H20N2O3/c19-15(18-9-3-5-12(10-18)16(20)21)14-13-6-2-1-4-11(13)7-8-17-14/h1-2,4,6,12,14,17H,3,5,7-10H2,(H,20,21)/t12-,14?/m1/s1. The van der Waals surface area contributed by atoms with Crippen LogP contribution in [0.4, 0.5) is 0 Å². The Bertz CT molecular complexity index is 558. The molecule has 21 heavy (non-hydrogen) atoms. The van der Waals surface area contributed by atoms with Gasteiger partial charge < -0.3 is 15.3 Å². The van der Waals surface area contributed by atoms with Crippen molar-refractivity contribution in [2.45, 2.75) is 25.3 Å². The zero-order valence-electron chi connectivity index (χ0n) is 11.9. The molecule has 2 aliphatic rings. The van der Waals surface area contributed by atoms with Crippen LogP contribution in [0.15, 0.2) is 24.3 Å². The molecule has 2 aliphatic heterocycles. The molecule has 2 N–H and O–H groups in total. The van der Waals surface area contributed by atoms with Crippen LogP contribution >= 0.6 is 0 Å². The molecule has 1 saturated heterocycles. The van der Waals surface area contributed by atoms with Crippen LogP contribution in [0.25, 0.3) is 0 Å². The summed E-state index contributed by atoms with van der Waals surface area (Å²) in [6, 6.07) is 7.66. The van der Waals surface area contributed by atoms with Gasteiger partial charge in [0.1, 0.15) is 6.04 Å². The van der Waals surface area contributed by atoms with Gasteiger partial charge in [0.05, 0.1) is 5.92 Å². The van der Waals surface area contributed by atoms with Gasteiger partial charge in [-0.05, 0) is 30.4 Å². The number of carbonyl (C=O) groups is 2. The smallest absolute Gasteiger partial charge is 0.308 e. The maximum atomic E-state index is 12.8. The van der Waals surface area contributed by atoms with Crippen LogP contribution in [-0.2, 0) is 16.0 Å². The van der Waals surface area contributed by atoms with Gasteiger partial charge in [-0.3, -0.25) is 9.59 Å². The van der Waals surface area contributed by atoms with E-state index in [4.69, 9.17) is 5.11 Å². The minimum absolute atomic E-state index is 0.00750. The Balaban J connectivity index is 1.78. The highest BCUT2D eigenvalue weighted by molar-refractivity contribution is 5.85. The van der Waals surface area contributed by atoms with Gasteiger partial charge in [0.15, 0.2) is 0 Å². The molecule has 1 amide bonds. The predicted octanol–water partition coefficient (Wildman–Crippen LogP) is 1.20. The van der Waals surface area contributed by atoms with Gasteiger partial charge in [-0.1, -0.05) is 24.3 Å². The van der Waals surface area contributed by atoms with Gasteiger partial charge in [-0.25, -0.2) is 0 Å². The molecule has 1 unspecified atom stereocenters. The third-order valence-electron chi connectivity index (χ3n) is 4.44. The van der Waals surface area contributed by atoms with Crippen molar-refractivity contribution in [2.75, 3.05) is 19.6 Å². The number of likely N-dealkylation sites (tertiary alicyclic amines) is 1. The van der Waals surface area contributed by atoms with E-state index in [1.54, 1.807) is 4.90 Å². The topological polar surface area (TPSA) is 69.6 Å². The van der Waals surface area contributed by atoms with Crippen molar-refractivity contribution in [3.05, 3.63) is 35.4 Å². The number of hydrogen-bond donors (Lipinski definition) is 2. The van der Waals surface area contributed by atoms with Crippen molar-refractivity contribution in [3.8, 4) is 0 Å². The Morgan fingerprint density at radius 1 is 1.29 bits per heavy atom. The highest BCUT2D eigenvalue weighted by atomic mass is 16.4. The second-order valence-electron chi connectivity index (χ2n) is 5.80. The van der Waals surface area contributed by atoms with E-state index in [-0.39, 0.29) is 11.9 Å². The lowest BCUT2D eigenvalue weighted by atomic mass is 9.92. The van der Waals surface area contributed by atoms with E-state index in [2.05, 4.69) is 11.4 Å². The fraction of sp³-hybridized carbons (Fsp3) is 0.500. The lowest BCUT2D eigenvalue weighted by Gasteiger charge is -2.35. The molecule has 3 rings (SSSR count). The fourth-order valence-electron chi connectivity index (χ4n) is 3.29. The van der Waals surface area contributed by atoms with Crippen LogP contribution in [0, 0.1) is 5.92 Å². The Morgan fingerprint density at radius 2 is 2.10 bits per heavy atom. The Hall–Kier alpha value is -1.88. The van der Waals surface area contributed by atoms with Crippen LogP contribution in [-0.4, -0.2) is 41.5 Å². The maximum absolute atomic E-state index is 12.8. The van der Waals surface area contributed by atoms with Gasteiger partial charge in [-0.2, -0.15) is 0 Å². The lowest BCUT2D eigenvalue weighted by molar-refractivity contribution is -0.146. The maximum Gasteiger partial charge on any atom is 0.308 e. The molecule has 2 atom stereocenters. The number of hydrogen-bond acceptors (Lipinski definition) is 3. The number of nitrogens with zero attached hydrogens (tertiary/aromatic N) is 1. The highest BCUT2D eigenvalue weighted by Crippen LogP contribution is 2.26. The minimum atomic E-state index is -0.801. The first-order chi connectivity index (χ1) is 10.2. The Kier molecular flexibility index (Phi) is 3.92. The first-order valence-corrected chi connectivity index (χ1v) is 7.49. The average Bonchev–Trinajstić information content (AvgIpc) is 2.53. The van der Waals surface area contributed by atoms with Crippen molar-refractivity contribution < 1.29 is 14.7 Å². The molecule has 1 fully saturated rings. The monoisotopic (exact) mass is 288 g/mol. The summed E-state index contributed by atoms with van der Waals surface area (Å²) in [5.41, 5.74) is 2.24. The summed E-state index contributed by atoms with van der Waals surface area (Å²) in [4.78, 5) is 25.6. The number of nitrogens with one attached hydrogen (secondary N) is 1. The third kappa shape index (κ3) is 2.78. The largest absolute Gasteiger partial charge is 0.481 e. The first-order valence-electron chi connectivity index (χ1n) is 7.49. The molecule has 5 heteroatoms. The summed E-state index contributed by atoms with van der Waals surface area (Å²) in [5.74, 6) is -1.22. The molecule has 0 aromatic heterocycles. The fourth-order valence-corrected chi connectivity index (χ4v) is 3.29. The summed E-state index contributed by atoms with van der Waals surface area (Å²) < 4.78 is 0. The highest BCUT2D eigenvalue weighted by Gasteiger charge is 2.34. The number of aliphatic carboxylic acids is 1. The number of carboxylic acid groups (broad SMARTS) is 1. The van der Waals surface area contributed by atoms with Crippen LogP contribution < -0.4 is 5.32 Å². The van der Waals surface area contributed by atoms with E-state index in [1.165, 1.54) is 5.56 Å². The second kappa shape index (κ2) is 5.85. The van der Waals surface area contributed by atoms with E-state index in [1.807, 2.05) is 18.2 Å². The zero-order chi connectivity index (χ0) is 14.8. The van der Waals surface area contributed by atoms with Crippen molar-refractivity contribution >= 4 is 11.9 Å². The second-order valence-corrected chi connectivity index (χ2v) is 5.80. The van der Waals surface area contributed by atoms with Crippen LogP contribution in [0.1, 0.15) is 30.0 Å². The molecule has 5 nitrogen and oxygen atoms in total. The summed E-state index contributed by atoms with van der Waals surface area (Å²) in [7, 11) is 0. The molecular weight excluding hydrogens is 268 g/mol. The zero-order valence-corrected chi connectivity index (χ0v) is 11.9. The summed E-state index contributed by atoms with van der Waals surface area (Å²) in [6.07, 6.45) is 2.35. The van der Waals surface area contributed by atoms with E-state index in [0.717, 1.165) is 24.9 Å². The summed E-state index contributed by atoms with van der Waals surface area (Å²) in [5, 5.41) is 12.4. The molecule has 0 aliphatic carbocycles. The minimum Gasteiger partial charge on any atom is -0.481 e. The molecule has 112 valence electrons. The quantitative estimate of drug-likeness (QED) is 0.858. The van der Waals surface area contributed by atoms with E-state index in [0.29, 0.717) is 19.5 Å². The molecule has 1 aromatic rings. The molecule has 0 radical (unpaired) electrons. The van der Waals surface area contributed by atoms with Crippen molar-refractivity contribution in [1.82, 2.24) is 10.2 Å². The molecule has 0 spiro atoms. The number of fused-ring (bicyclic) bond motifs is 1. The SMILES string of the molecule is O=C(O)[C@@H]1CCCN(C(=O)C2NCCc3ccccc32)C1. The Labute approximate surface area is 123 Å². The average molecular weight is 288 g/mol. The summed E-state index contributed by atoms with van der Waals surface area (Å²) in [6.45, 7) is 1.76. The molecule has 1 aromatic carbocycles. The number of benzene rings is 1. The van der Waals surface area contributed by atoms with Gasteiger partial charge >= 0.3 is 5.97 Å². The van der Waals surface area contributed by atoms with Crippen molar-refractivity contribution in [2.24, 2.45) is 5.92 Å². The van der Waals surface area contributed by atoms with E-state index in [9.17, 15) is 9.59 Å². The van der Waals surface area contributed by atoms with Crippen molar-refractivity contribution in [1.29, 1.82) is 0 Å². The number of rotatable bonds is 2. The summed E-state index contributed by atoms with van der Waals surface area (Å²) >= 11 is 0. The third-order valence-corrected chi connectivity index (χ3v) is 4.44. The molecule has 2 heterocycles. The van der Waals surface area contributed by atoms with Crippen LogP contribution in [0.5, 0.6) is 0 Å². The number of carbonyl (C=O) groups excluding carboxylic acids is 1. The first kappa shape index (κ1) is 14.1. The van der Waals surface area contributed by atoms with Gasteiger partial charge in [0.25, 0.3) is 0 Å². The normalized spacial score (nSPS) is 25.2. The van der Waals surface area contributed by atoms with E-state index < -0.39 is 11.9 Å². The molecule has 0 saturated carbocycles. The van der Waals surface area contributed by atoms with Gasteiger partial charge in [0, 0.05) is 19.6 Å². The van der Waals surface area contributed by atoms with Gasteiger partial charge in [-0.15, -0.1) is 0 Å².